The molecular formula is C25H32N3O3+. The topological polar surface area (TPSA) is 63.1 Å². The molecule has 0 saturated carbocycles. The second-order valence-electron chi connectivity index (χ2n) is 7.79. The van der Waals surface area contributed by atoms with Crippen LogP contribution in [0.1, 0.15) is 25.3 Å². The van der Waals surface area contributed by atoms with Gasteiger partial charge in [0.2, 0.25) is 5.91 Å². The lowest BCUT2D eigenvalue weighted by Crippen LogP contribution is -3.13. The molecule has 0 saturated heterocycles. The van der Waals surface area contributed by atoms with E-state index in [1.54, 1.807) is 24.1 Å². The van der Waals surface area contributed by atoms with E-state index in [0.29, 0.717) is 24.5 Å². The lowest BCUT2D eigenvalue weighted by molar-refractivity contribution is -0.887. The molecule has 164 valence electrons. The number of carbonyl (C=O) groups excluding carboxylic acids is 2. The lowest BCUT2D eigenvalue weighted by Gasteiger charge is -2.27. The predicted molar refractivity (Wildman–Crippen MR) is 123 cm³/mol. The summed E-state index contributed by atoms with van der Waals surface area (Å²) < 4.78 is 5.28. The monoisotopic (exact) mass is 422 g/mol. The number of nitrogens with zero attached hydrogens (tertiary/aromatic N) is 1. The van der Waals surface area contributed by atoms with Gasteiger partial charge < -0.3 is 19.9 Å². The zero-order valence-corrected chi connectivity index (χ0v) is 18.4. The van der Waals surface area contributed by atoms with Crippen molar-refractivity contribution in [2.24, 2.45) is 0 Å². The molecule has 2 amide bonds. The number of carbonyl (C=O) groups is 2. The highest BCUT2D eigenvalue weighted by Gasteiger charge is 2.24. The van der Waals surface area contributed by atoms with Gasteiger partial charge in [-0.3, -0.25) is 9.59 Å². The van der Waals surface area contributed by atoms with Crippen LogP contribution in [0.15, 0.2) is 60.7 Å². The van der Waals surface area contributed by atoms with E-state index in [4.69, 9.17) is 4.74 Å². The maximum absolute atomic E-state index is 12.9. The highest BCUT2D eigenvalue weighted by molar-refractivity contribution is 5.95. The van der Waals surface area contributed by atoms with Crippen molar-refractivity contribution < 1.29 is 19.2 Å². The minimum absolute atomic E-state index is 0.0172. The summed E-state index contributed by atoms with van der Waals surface area (Å²) in [5.74, 6) is 0.401. The first-order valence-electron chi connectivity index (χ1n) is 10.9. The second-order valence-corrected chi connectivity index (χ2v) is 7.79. The first-order valence-corrected chi connectivity index (χ1v) is 10.9. The van der Waals surface area contributed by atoms with Gasteiger partial charge in [0.25, 0.3) is 5.91 Å². The van der Waals surface area contributed by atoms with E-state index >= 15 is 0 Å². The Kier molecular flexibility index (Phi) is 8.24. The van der Waals surface area contributed by atoms with Crippen LogP contribution in [0.25, 0.3) is 5.57 Å². The van der Waals surface area contributed by atoms with E-state index in [9.17, 15) is 9.59 Å². The van der Waals surface area contributed by atoms with Crippen molar-refractivity contribution in [2.75, 3.05) is 45.2 Å². The molecular weight excluding hydrogens is 390 g/mol. The van der Waals surface area contributed by atoms with Crippen LogP contribution >= 0.6 is 0 Å². The molecule has 6 nitrogen and oxygen atoms in total. The Morgan fingerprint density at radius 3 is 2.52 bits per heavy atom. The SMILES string of the molecule is CCCN(CC(=O)Nc1ccccc1OC)C(=O)C[NH+]1CC=C(c2ccccc2)CC1. The minimum Gasteiger partial charge on any atom is -0.495 e. The van der Waals surface area contributed by atoms with Gasteiger partial charge >= 0.3 is 0 Å². The fourth-order valence-corrected chi connectivity index (χ4v) is 3.86. The molecule has 0 spiro atoms. The van der Waals surface area contributed by atoms with Gasteiger partial charge in [0.1, 0.15) is 12.3 Å². The van der Waals surface area contributed by atoms with Crippen LogP contribution in [0.4, 0.5) is 5.69 Å². The molecule has 31 heavy (non-hydrogen) atoms. The van der Waals surface area contributed by atoms with Gasteiger partial charge in [-0.2, -0.15) is 0 Å². The standard InChI is InChI=1S/C25H31N3O3/c1-3-15-28(18-24(29)26-22-11-7-8-12-23(22)31-2)25(30)19-27-16-13-21(14-17-27)20-9-5-4-6-10-20/h4-13H,3,14-19H2,1-2H3,(H,26,29)/p+1. The largest absolute Gasteiger partial charge is 0.495 e. The van der Waals surface area contributed by atoms with Gasteiger partial charge in [0.05, 0.1) is 25.9 Å². The van der Waals surface area contributed by atoms with E-state index in [0.717, 1.165) is 25.9 Å². The van der Waals surface area contributed by atoms with Gasteiger partial charge in [-0.25, -0.2) is 0 Å². The molecule has 1 heterocycles. The molecule has 2 aromatic carbocycles. The smallest absolute Gasteiger partial charge is 0.278 e. The third kappa shape index (κ3) is 6.43. The maximum Gasteiger partial charge on any atom is 0.278 e. The zero-order chi connectivity index (χ0) is 22.1. The maximum atomic E-state index is 12.9. The molecule has 1 aliphatic rings. The Bertz CT molecular complexity index is 911. The number of para-hydroxylation sites is 2. The van der Waals surface area contributed by atoms with Crippen LogP contribution in [0.5, 0.6) is 5.75 Å². The molecule has 0 aliphatic carbocycles. The summed E-state index contributed by atoms with van der Waals surface area (Å²) in [5.41, 5.74) is 3.21. The average molecular weight is 423 g/mol. The van der Waals surface area contributed by atoms with Crippen LogP contribution in [-0.4, -0.2) is 56.5 Å². The Morgan fingerprint density at radius 1 is 1.10 bits per heavy atom. The average Bonchev–Trinajstić information content (AvgIpc) is 2.80. The number of nitrogens with one attached hydrogen (secondary N) is 2. The number of ether oxygens (including phenoxy) is 1. The van der Waals surface area contributed by atoms with Gasteiger partial charge in [0.15, 0.2) is 6.54 Å². The van der Waals surface area contributed by atoms with Crippen LogP contribution in [-0.2, 0) is 9.59 Å². The Morgan fingerprint density at radius 2 is 1.84 bits per heavy atom. The van der Waals surface area contributed by atoms with Crippen molar-refractivity contribution in [1.82, 2.24) is 4.90 Å². The van der Waals surface area contributed by atoms with Crippen molar-refractivity contribution in [3.05, 3.63) is 66.2 Å². The number of quaternary nitrogens is 1. The predicted octanol–water partition coefficient (Wildman–Crippen LogP) is 2.24. The zero-order valence-electron chi connectivity index (χ0n) is 18.4. The van der Waals surface area contributed by atoms with Crippen molar-refractivity contribution in [3.63, 3.8) is 0 Å². The van der Waals surface area contributed by atoms with Crippen LogP contribution in [0.2, 0.25) is 0 Å². The summed E-state index contributed by atoms with van der Waals surface area (Å²) in [5, 5.41) is 2.86. The molecule has 0 bridgehead atoms. The molecule has 1 unspecified atom stereocenters. The summed E-state index contributed by atoms with van der Waals surface area (Å²) in [6, 6.07) is 17.7. The number of rotatable bonds is 9. The molecule has 1 aliphatic heterocycles. The number of benzene rings is 2. The number of hydrogen-bond acceptors (Lipinski definition) is 3. The van der Waals surface area contributed by atoms with E-state index in [2.05, 4.69) is 35.7 Å². The van der Waals surface area contributed by atoms with Crippen molar-refractivity contribution >= 4 is 23.1 Å². The molecule has 0 fully saturated rings. The van der Waals surface area contributed by atoms with E-state index < -0.39 is 0 Å². The van der Waals surface area contributed by atoms with Crippen LogP contribution in [0, 0.1) is 0 Å². The number of hydrogen-bond donors (Lipinski definition) is 2. The Balaban J connectivity index is 1.55. The molecule has 0 radical (unpaired) electrons. The number of methoxy groups -OCH3 is 1. The fourth-order valence-electron chi connectivity index (χ4n) is 3.86. The molecule has 0 aromatic heterocycles. The lowest BCUT2D eigenvalue weighted by atomic mass is 9.99. The van der Waals surface area contributed by atoms with Gasteiger partial charge in [-0.1, -0.05) is 49.4 Å². The summed E-state index contributed by atoms with van der Waals surface area (Å²) in [6.45, 7) is 4.77. The van der Waals surface area contributed by atoms with E-state index in [1.165, 1.54) is 16.0 Å². The normalized spacial score (nSPS) is 15.7. The quantitative estimate of drug-likeness (QED) is 0.652. The van der Waals surface area contributed by atoms with Crippen LogP contribution < -0.4 is 15.0 Å². The van der Waals surface area contributed by atoms with Crippen molar-refractivity contribution in [2.45, 2.75) is 19.8 Å². The molecule has 6 heteroatoms. The van der Waals surface area contributed by atoms with Crippen molar-refractivity contribution in [3.8, 4) is 5.75 Å². The Labute approximate surface area is 184 Å². The first kappa shape index (κ1) is 22.6. The van der Waals surface area contributed by atoms with Crippen molar-refractivity contribution in [1.29, 1.82) is 0 Å². The second kappa shape index (κ2) is 11.3. The summed E-state index contributed by atoms with van der Waals surface area (Å²) in [6.07, 6.45) is 4.00. The summed E-state index contributed by atoms with van der Waals surface area (Å²) in [7, 11) is 1.57. The molecule has 2 aromatic rings. The van der Waals surface area contributed by atoms with Gasteiger partial charge in [-0.05, 0) is 35.8 Å². The summed E-state index contributed by atoms with van der Waals surface area (Å²) in [4.78, 5) is 28.4. The molecule has 2 N–H and O–H groups in total. The highest BCUT2D eigenvalue weighted by atomic mass is 16.5. The first-order chi connectivity index (χ1) is 15.1. The Hall–Kier alpha value is -3.12. The van der Waals surface area contributed by atoms with Gasteiger partial charge in [-0.15, -0.1) is 0 Å². The third-order valence-electron chi connectivity index (χ3n) is 5.49. The number of amides is 2. The summed E-state index contributed by atoms with van der Waals surface area (Å²) >= 11 is 0. The highest BCUT2D eigenvalue weighted by Crippen LogP contribution is 2.23. The fraction of sp³-hybridized carbons (Fsp3) is 0.360. The molecule has 1 atom stereocenters. The van der Waals surface area contributed by atoms with E-state index in [1.807, 2.05) is 25.1 Å². The van der Waals surface area contributed by atoms with Gasteiger partial charge in [0, 0.05) is 13.0 Å². The third-order valence-corrected chi connectivity index (χ3v) is 5.49. The van der Waals surface area contributed by atoms with E-state index in [-0.39, 0.29) is 18.4 Å². The molecule has 3 rings (SSSR count). The number of anilines is 1. The minimum atomic E-state index is -0.216. The van der Waals surface area contributed by atoms with Crippen LogP contribution in [0.3, 0.4) is 0 Å².